The summed E-state index contributed by atoms with van der Waals surface area (Å²) in [5.74, 6) is 0. The predicted octanol–water partition coefficient (Wildman–Crippen LogP) is -0.915. The van der Waals surface area contributed by atoms with Gasteiger partial charge in [-0.1, -0.05) is 0 Å². The van der Waals surface area contributed by atoms with E-state index in [-0.39, 0.29) is 19.6 Å². The fourth-order valence-corrected chi connectivity index (χ4v) is 0.483. The van der Waals surface area contributed by atoms with Gasteiger partial charge in [0.25, 0.3) is 0 Å². The fourth-order valence-electron chi connectivity index (χ4n) is 0.483. The van der Waals surface area contributed by atoms with Crippen LogP contribution >= 0.6 is 0 Å². The Morgan fingerprint density at radius 3 is 2.40 bits per heavy atom. The van der Waals surface area contributed by atoms with Crippen LogP contribution in [0.15, 0.2) is 0 Å². The molecule has 4 nitrogen and oxygen atoms in total. The van der Waals surface area contributed by atoms with Crippen molar-refractivity contribution < 1.29 is 20.1 Å². The zero-order valence-corrected chi connectivity index (χ0v) is 6.03. The van der Waals surface area contributed by atoms with E-state index in [2.05, 4.69) is 4.74 Å². The second-order valence-electron chi connectivity index (χ2n) is 2.10. The Labute approximate surface area is 60.1 Å². The van der Waals surface area contributed by atoms with Gasteiger partial charge in [-0.15, -0.1) is 0 Å². The highest BCUT2D eigenvalue weighted by atomic mass is 16.6. The van der Waals surface area contributed by atoms with Crippen molar-refractivity contribution in [1.29, 1.82) is 0 Å². The Morgan fingerprint density at radius 1 is 1.40 bits per heavy atom. The lowest BCUT2D eigenvalue weighted by atomic mass is 10.3. The van der Waals surface area contributed by atoms with E-state index in [4.69, 9.17) is 15.3 Å². The molecule has 62 valence electrons. The van der Waals surface area contributed by atoms with Crippen LogP contribution in [0.5, 0.6) is 0 Å². The fraction of sp³-hybridized carbons (Fsp3) is 1.00. The SMILES string of the molecule is CC(O)OC[C@@H](O)CCO. The van der Waals surface area contributed by atoms with E-state index >= 15 is 0 Å². The maximum Gasteiger partial charge on any atom is 0.151 e. The van der Waals surface area contributed by atoms with E-state index in [1.165, 1.54) is 6.92 Å². The van der Waals surface area contributed by atoms with Crippen molar-refractivity contribution in [3.05, 3.63) is 0 Å². The summed E-state index contributed by atoms with van der Waals surface area (Å²) in [5, 5.41) is 25.8. The zero-order valence-electron chi connectivity index (χ0n) is 6.03. The normalized spacial score (nSPS) is 16.8. The van der Waals surface area contributed by atoms with Gasteiger partial charge in [0.05, 0.1) is 12.7 Å². The molecular formula is C6H14O4. The largest absolute Gasteiger partial charge is 0.396 e. The van der Waals surface area contributed by atoms with E-state index < -0.39 is 12.4 Å². The first-order valence-electron chi connectivity index (χ1n) is 3.25. The smallest absolute Gasteiger partial charge is 0.151 e. The molecule has 0 aliphatic heterocycles. The molecule has 0 saturated heterocycles. The molecule has 0 aromatic carbocycles. The van der Waals surface area contributed by atoms with Crippen molar-refractivity contribution in [2.75, 3.05) is 13.2 Å². The van der Waals surface area contributed by atoms with Gasteiger partial charge in [0, 0.05) is 6.61 Å². The van der Waals surface area contributed by atoms with Crippen molar-refractivity contribution in [1.82, 2.24) is 0 Å². The van der Waals surface area contributed by atoms with Gasteiger partial charge in [0.15, 0.2) is 6.29 Å². The lowest BCUT2D eigenvalue weighted by molar-refractivity contribution is -0.111. The number of aliphatic hydroxyl groups is 3. The minimum absolute atomic E-state index is 0.0651. The number of ether oxygens (including phenoxy) is 1. The van der Waals surface area contributed by atoms with Crippen LogP contribution in [0.2, 0.25) is 0 Å². The minimum atomic E-state index is -0.853. The molecule has 0 heterocycles. The summed E-state index contributed by atoms with van der Waals surface area (Å²) in [7, 11) is 0. The molecule has 0 radical (unpaired) electrons. The molecule has 0 saturated carbocycles. The van der Waals surface area contributed by atoms with Crippen molar-refractivity contribution in [2.24, 2.45) is 0 Å². The van der Waals surface area contributed by atoms with Gasteiger partial charge in [-0.2, -0.15) is 0 Å². The van der Waals surface area contributed by atoms with Crippen LogP contribution < -0.4 is 0 Å². The number of aliphatic hydroxyl groups excluding tert-OH is 3. The van der Waals surface area contributed by atoms with Gasteiger partial charge in [0.2, 0.25) is 0 Å². The lowest BCUT2D eigenvalue weighted by Gasteiger charge is -2.10. The summed E-state index contributed by atoms with van der Waals surface area (Å²) >= 11 is 0. The molecule has 0 aromatic rings. The summed E-state index contributed by atoms with van der Waals surface area (Å²) in [6.07, 6.45) is -1.25. The molecular weight excluding hydrogens is 136 g/mol. The Balaban J connectivity index is 3.12. The van der Waals surface area contributed by atoms with Crippen LogP contribution in [0.4, 0.5) is 0 Å². The van der Waals surface area contributed by atoms with Crippen LogP contribution in [-0.4, -0.2) is 40.9 Å². The first-order valence-corrected chi connectivity index (χ1v) is 3.25. The summed E-state index contributed by atoms with van der Waals surface area (Å²) in [5.41, 5.74) is 0. The van der Waals surface area contributed by atoms with Gasteiger partial charge in [-0.05, 0) is 13.3 Å². The molecule has 0 aromatic heterocycles. The van der Waals surface area contributed by atoms with Gasteiger partial charge < -0.3 is 20.1 Å². The number of hydrogen-bond acceptors (Lipinski definition) is 4. The molecule has 3 N–H and O–H groups in total. The summed E-state index contributed by atoms with van der Waals surface area (Å²) in [6.45, 7) is 1.47. The predicted molar refractivity (Wildman–Crippen MR) is 35.3 cm³/mol. The molecule has 1 unspecified atom stereocenters. The quantitative estimate of drug-likeness (QED) is 0.443. The highest BCUT2D eigenvalue weighted by Gasteiger charge is 2.04. The molecule has 10 heavy (non-hydrogen) atoms. The van der Waals surface area contributed by atoms with Crippen LogP contribution in [0, 0.1) is 0 Å². The van der Waals surface area contributed by atoms with Gasteiger partial charge in [-0.3, -0.25) is 0 Å². The molecule has 4 heteroatoms. The second kappa shape index (κ2) is 5.61. The third kappa shape index (κ3) is 5.97. The van der Waals surface area contributed by atoms with Gasteiger partial charge in [0.1, 0.15) is 0 Å². The van der Waals surface area contributed by atoms with E-state index in [0.717, 1.165) is 0 Å². The third-order valence-corrected chi connectivity index (χ3v) is 0.992. The average Bonchev–Trinajstić information content (AvgIpc) is 1.85. The molecule has 0 aliphatic carbocycles. The van der Waals surface area contributed by atoms with Crippen LogP contribution in [0.1, 0.15) is 13.3 Å². The highest BCUT2D eigenvalue weighted by Crippen LogP contribution is 1.93. The maximum absolute atomic E-state index is 8.90. The Kier molecular flexibility index (Phi) is 5.52. The van der Waals surface area contributed by atoms with Crippen molar-refractivity contribution in [2.45, 2.75) is 25.7 Å². The van der Waals surface area contributed by atoms with Gasteiger partial charge >= 0.3 is 0 Å². The first-order chi connectivity index (χ1) is 4.66. The molecule has 0 rings (SSSR count). The van der Waals surface area contributed by atoms with E-state index in [1.54, 1.807) is 0 Å². The molecule has 0 bridgehead atoms. The van der Waals surface area contributed by atoms with E-state index in [9.17, 15) is 0 Å². The third-order valence-electron chi connectivity index (χ3n) is 0.992. The van der Waals surface area contributed by atoms with Crippen LogP contribution in [0.3, 0.4) is 0 Å². The van der Waals surface area contributed by atoms with Crippen molar-refractivity contribution in [3.8, 4) is 0 Å². The van der Waals surface area contributed by atoms with Crippen molar-refractivity contribution >= 4 is 0 Å². The number of hydrogen-bond donors (Lipinski definition) is 3. The van der Waals surface area contributed by atoms with Crippen LogP contribution in [0.25, 0.3) is 0 Å². The maximum atomic E-state index is 8.90. The topological polar surface area (TPSA) is 69.9 Å². The highest BCUT2D eigenvalue weighted by molar-refractivity contribution is 4.51. The summed E-state index contributed by atoms with van der Waals surface area (Å²) in [6, 6.07) is 0. The molecule has 0 fully saturated rings. The first kappa shape index (κ1) is 9.84. The molecule has 0 spiro atoms. The minimum Gasteiger partial charge on any atom is -0.396 e. The van der Waals surface area contributed by atoms with Crippen molar-refractivity contribution in [3.63, 3.8) is 0 Å². The molecule has 0 aliphatic rings. The molecule has 2 atom stereocenters. The van der Waals surface area contributed by atoms with E-state index in [0.29, 0.717) is 0 Å². The Bertz CT molecular complexity index is 74.1. The molecule has 0 amide bonds. The lowest BCUT2D eigenvalue weighted by Crippen LogP contribution is -2.20. The Hall–Kier alpha value is -0.160. The zero-order chi connectivity index (χ0) is 7.98. The monoisotopic (exact) mass is 150 g/mol. The summed E-state index contributed by atoms with van der Waals surface area (Å²) in [4.78, 5) is 0. The summed E-state index contributed by atoms with van der Waals surface area (Å²) < 4.78 is 4.65. The standard InChI is InChI=1S/C6H14O4/c1-5(8)10-4-6(9)2-3-7/h5-9H,2-4H2,1H3/t5?,6-/m0/s1. The Morgan fingerprint density at radius 2 is 2.00 bits per heavy atom. The van der Waals surface area contributed by atoms with E-state index in [1.807, 2.05) is 0 Å². The average molecular weight is 150 g/mol. The second-order valence-corrected chi connectivity index (χ2v) is 2.10. The van der Waals surface area contributed by atoms with Crippen LogP contribution in [-0.2, 0) is 4.74 Å². The number of rotatable bonds is 5. The van der Waals surface area contributed by atoms with Gasteiger partial charge in [-0.25, -0.2) is 0 Å².